The van der Waals surface area contributed by atoms with Gasteiger partial charge in [-0.15, -0.1) is 0 Å². The van der Waals surface area contributed by atoms with Crippen molar-refractivity contribution in [3.8, 4) is 5.75 Å². The van der Waals surface area contributed by atoms with Gasteiger partial charge < -0.3 is 9.64 Å². The Morgan fingerprint density at radius 3 is 2.77 bits per heavy atom. The van der Waals surface area contributed by atoms with Crippen molar-refractivity contribution in [2.75, 3.05) is 11.4 Å². The predicted octanol–water partition coefficient (Wildman–Crippen LogP) is 4.81. The van der Waals surface area contributed by atoms with Crippen LogP contribution in [0.5, 0.6) is 5.75 Å². The minimum atomic E-state index is -0.480. The monoisotopic (exact) mass is 371 g/mol. The summed E-state index contributed by atoms with van der Waals surface area (Å²) in [6.07, 6.45) is 1.11. The van der Waals surface area contributed by atoms with Gasteiger partial charge in [-0.25, -0.2) is 0 Å². The van der Waals surface area contributed by atoms with E-state index in [1.807, 2.05) is 30.3 Å². The molecule has 0 bridgehead atoms. The molecule has 4 nitrogen and oxygen atoms in total. The standard InChI is InChI=1S/C21H22ClNO3/c1-3-14(2)18-9-4-5-10-19(18)26-21(25)15-11-20(24)23(13-15)17-8-6-7-16(22)12-17/h4-10,12,14-15H,3,11,13H2,1-2H3/t14-,15-/m1/s1. The third-order valence-electron chi connectivity index (χ3n) is 4.85. The number of anilines is 1. The number of benzene rings is 2. The number of carbonyl (C=O) groups excluding carboxylic acids is 2. The molecule has 5 heteroatoms. The van der Waals surface area contributed by atoms with Crippen LogP contribution in [-0.2, 0) is 9.59 Å². The smallest absolute Gasteiger partial charge is 0.316 e. The van der Waals surface area contributed by atoms with Crippen LogP contribution in [0.3, 0.4) is 0 Å². The van der Waals surface area contributed by atoms with Crippen LogP contribution in [0.15, 0.2) is 48.5 Å². The maximum absolute atomic E-state index is 12.6. The van der Waals surface area contributed by atoms with Crippen molar-refractivity contribution in [1.82, 2.24) is 0 Å². The van der Waals surface area contributed by atoms with Crippen molar-refractivity contribution in [3.63, 3.8) is 0 Å². The summed E-state index contributed by atoms with van der Waals surface area (Å²) in [5.74, 6) is -0.0535. The van der Waals surface area contributed by atoms with Crippen molar-refractivity contribution in [3.05, 3.63) is 59.1 Å². The van der Waals surface area contributed by atoms with E-state index in [-0.39, 0.29) is 18.3 Å². The number of hydrogen-bond donors (Lipinski definition) is 0. The molecule has 2 atom stereocenters. The SMILES string of the molecule is CC[C@@H](C)c1ccccc1OC(=O)[C@@H]1CC(=O)N(c2cccc(Cl)c2)C1. The summed E-state index contributed by atoms with van der Waals surface area (Å²) >= 11 is 6.01. The zero-order chi connectivity index (χ0) is 18.7. The number of halogens is 1. The lowest BCUT2D eigenvalue weighted by atomic mass is 9.98. The van der Waals surface area contributed by atoms with Gasteiger partial charge in [0, 0.05) is 23.7 Å². The minimum Gasteiger partial charge on any atom is -0.426 e. The Hall–Kier alpha value is -2.33. The fraction of sp³-hybridized carbons (Fsp3) is 0.333. The van der Waals surface area contributed by atoms with E-state index in [2.05, 4.69) is 13.8 Å². The molecule has 136 valence electrons. The first-order valence-corrected chi connectivity index (χ1v) is 9.24. The summed E-state index contributed by atoms with van der Waals surface area (Å²) in [6.45, 7) is 4.51. The van der Waals surface area contributed by atoms with E-state index in [1.165, 1.54) is 0 Å². The van der Waals surface area contributed by atoms with Gasteiger partial charge >= 0.3 is 5.97 Å². The van der Waals surface area contributed by atoms with Gasteiger partial charge in [-0.2, -0.15) is 0 Å². The number of hydrogen-bond acceptors (Lipinski definition) is 3. The Bertz CT molecular complexity index is 820. The number of rotatable bonds is 5. The van der Waals surface area contributed by atoms with Crippen LogP contribution in [-0.4, -0.2) is 18.4 Å². The predicted molar refractivity (Wildman–Crippen MR) is 103 cm³/mol. The molecule has 0 saturated carbocycles. The van der Waals surface area contributed by atoms with Gasteiger partial charge in [-0.3, -0.25) is 9.59 Å². The van der Waals surface area contributed by atoms with E-state index in [9.17, 15) is 9.59 Å². The molecule has 0 spiro atoms. The van der Waals surface area contributed by atoms with E-state index < -0.39 is 5.92 Å². The van der Waals surface area contributed by atoms with Crippen LogP contribution in [0.4, 0.5) is 5.69 Å². The van der Waals surface area contributed by atoms with Gasteiger partial charge in [0.25, 0.3) is 0 Å². The summed E-state index contributed by atoms with van der Waals surface area (Å²) in [6, 6.07) is 14.7. The van der Waals surface area contributed by atoms with Gasteiger partial charge in [-0.05, 0) is 42.2 Å². The third-order valence-corrected chi connectivity index (χ3v) is 5.09. The average Bonchev–Trinajstić information content (AvgIpc) is 3.03. The fourth-order valence-electron chi connectivity index (χ4n) is 3.15. The molecule has 1 aliphatic rings. The summed E-state index contributed by atoms with van der Waals surface area (Å²) in [5, 5.41) is 0.559. The first kappa shape index (κ1) is 18.5. The second-order valence-electron chi connectivity index (χ2n) is 6.65. The largest absolute Gasteiger partial charge is 0.426 e. The average molecular weight is 372 g/mol. The lowest BCUT2D eigenvalue weighted by Crippen LogP contribution is -2.27. The van der Waals surface area contributed by atoms with Crippen LogP contribution in [0.1, 0.15) is 38.2 Å². The highest BCUT2D eigenvalue weighted by Crippen LogP contribution is 2.31. The van der Waals surface area contributed by atoms with E-state index in [4.69, 9.17) is 16.3 Å². The molecular weight excluding hydrogens is 350 g/mol. The van der Waals surface area contributed by atoms with Crippen LogP contribution in [0, 0.1) is 5.92 Å². The summed E-state index contributed by atoms with van der Waals surface area (Å²) < 4.78 is 5.66. The molecule has 1 heterocycles. The highest BCUT2D eigenvalue weighted by atomic mass is 35.5. The molecule has 0 radical (unpaired) electrons. The van der Waals surface area contributed by atoms with Gasteiger partial charge in [-0.1, -0.05) is 49.7 Å². The maximum Gasteiger partial charge on any atom is 0.316 e. The zero-order valence-corrected chi connectivity index (χ0v) is 15.7. The number of nitrogens with zero attached hydrogens (tertiary/aromatic N) is 1. The van der Waals surface area contributed by atoms with Gasteiger partial charge in [0.1, 0.15) is 5.75 Å². The molecule has 1 amide bonds. The maximum atomic E-state index is 12.6. The molecule has 2 aromatic carbocycles. The quantitative estimate of drug-likeness (QED) is 0.559. The van der Waals surface area contributed by atoms with E-state index in [1.54, 1.807) is 23.1 Å². The summed E-state index contributed by atoms with van der Waals surface area (Å²) in [5.41, 5.74) is 1.72. The van der Waals surface area contributed by atoms with Crippen LogP contribution >= 0.6 is 11.6 Å². The fourth-order valence-corrected chi connectivity index (χ4v) is 3.34. The molecule has 0 aliphatic carbocycles. The number of carbonyl (C=O) groups is 2. The lowest BCUT2D eigenvalue weighted by Gasteiger charge is -2.18. The number of amides is 1. The van der Waals surface area contributed by atoms with Crippen molar-refractivity contribution in [2.45, 2.75) is 32.6 Å². The second kappa shape index (κ2) is 7.92. The van der Waals surface area contributed by atoms with E-state index >= 15 is 0 Å². The number of ether oxygens (including phenoxy) is 1. The molecule has 1 aliphatic heterocycles. The zero-order valence-electron chi connectivity index (χ0n) is 14.9. The highest BCUT2D eigenvalue weighted by Gasteiger charge is 2.36. The van der Waals surface area contributed by atoms with Crippen molar-refractivity contribution in [2.24, 2.45) is 5.92 Å². The van der Waals surface area contributed by atoms with Crippen LogP contribution < -0.4 is 9.64 Å². The Labute approximate surface area is 158 Å². The van der Waals surface area contributed by atoms with Gasteiger partial charge in [0.15, 0.2) is 0 Å². The van der Waals surface area contributed by atoms with Gasteiger partial charge in [0.2, 0.25) is 5.91 Å². The Balaban J connectivity index is 1.73. The van der Waals surface area contributed by atoms with Crippen LogP contribution in [0.2, 0.25) is 5.02 Å². The molecule has 1 fully saturated rings. The first-order chi connectivity index (χ1) is 12.5. The molecule has 2 aromatic rings. The van der Waals surface area contributed by atoms with Crippen molar-refractivity contribution >= 4 is 29.2 Å². The topological polar surface area (TPSA) is 46.6 Å². The molecule has 1 saturated heterocycles. The Morgan fingerprint density at radius 2 is 2.04 bits per heavy atom. The molecule has 0 N–H and O–H groups in total. The van der Waals surface area contributed by atoms with Crippen molar-refractivity contribution in [1.29, 1.82) is 0 Å². The lowest BCUT2D eigenvalue weighted by molar-refractivity contribution is -0.139. The third kappa shape index (κ3) is 3.91. The van der Waals surface area contributed by atoms with E-state index in [0.717, 1.165) is 12.0 Å². The minimum absolute atomic E-state index is 0.0931. The number of esters is 1. The highest BCUT2D eigenvalue weighted by molar-refractivity contribution is 6.30. The van der Waals surface area contributed by atoms with Crippen LogP contribution in [0.25, 0.3) is 0 Å². The van der Waals surface area contributed by atoms with Crippen molar-refractivity contribution < 1.29 is 14.3 Å². The second-order valence-corrected chi connectivity index (χ2v) is 7.09. The Kier molecular flexibility index (Phi) is 5.62. The Morgan fingerprint density at radius 1 is 1.27 bits per heavy atom. The van der Waals surface area contributed by atoms with Gasteiger partial charge in [0.05, 0.1) is 5.92 Å². The summed E-state index contributed by atoms with van der Waals surface area (Å²) in [7, 11) is 0. The molecule has 26 heavy (non-hydrogen) atoms. The molecule has 0 aromatic heterocycles. The normalized spacial score (nSPS) is 18.0. The molecular formula is C21H22ClNO3. The summed E-state index contributed by atoms with van der Waals surface area (Å²) in [4.78, 5) is 26.6. The molecule has 0 unspecified atom stereocenters. The number of para-hydroxylation sites is 1. The first-order valence-electron chi connectivity index (χ1n) is 8.86. The molecule has 3 rings (SSSR count). The van der Waals surface area contributed by atoms with E-state index in [0.29, 0.717) is 28.9 Å².